The Bertz CT molecular complexity index is 634. The molecule has 0 atom stereocenters. The summed E-state index contributed by atoms with van der Waals surface area (Å²) in [6.07, 6.45) is 2.14. The lowest BCUT2D eigenvalue weighted by Crippen LogP contribution is -2.43. The Balaban J connectivity index is 1.87. The highest BCUT2D eigenvalue weighted by Gasteiger charge is 2.18. The van der Waals surface area contributed by atoms with Gasteiger partial charge in [-0.25, -0.2) is 4.99 Å². The summed E-state index contributed by atoms with van der Waals surface area (Å²) in [5, 5.41) is 4.16. The summed E-state index contributed by atoms with van der Waals surface area (Å²) in [7, 11) is 5.53. The Morgan fingerprint density at radius 2 is 1.93 bits per heavy atom. The molecule has 8 heteroatoms. The second-order valence-electron chi connectivity index (χ2n) is 7.09. The summed E-state index contributed by atoms with van der Waals surface area (Å²) in [5.41, 5.74) is 0. The molecular formula is C20H31ClN4O2S. The maximum Gasteiger partial charge on any atom is 0.243 e. The zero-order chi connectivity index (χ0) is 20.4. The highest BCUT2D eigenvalue weighted by molar-refractivity contribution is 7.99. The molecule has 0 unspecified atom stereocenters. The number of carbonyl (C=O) groups excluding carboxylic acids is 1. The summed E-state index contributed by atoms with van der Waals surface area (Å²) in [6, 6.07) is 7.85. The van der Waals surface area contributed by atoms with Gasteiger partial charge in [-0.1, -0.05) is 11.6 Å². The van der Waals surface area contributed by atoms with Crippen molar-refractivity contribution in [2.75, 3.05) is 59.7 Å². The summed E-state index contributed by atoms with van der Waals surface area (Å²) in [4.78, 5) is 21.4. The molecule has 1 aliphatic rings. The third kappa shape index (κ3) is 8.29. The number of guanidine groups is 1. The molecule has 1 aromatic carbocycles. The van der Waals surface area contributed by atoms with Gasteiger partial charge in [0.2, 0.25) is 5.91 Å². The van der Waals surface area contributed by atoms with E-state index in [9.17, 15) is 4.79 Å². The van der Waals surface area contributed by atoms with Crippen LogP contribution in [-0.2, 0) is 9.53 Å². The molecule has 156 valence electrons. The molecule has 6 nitrogen and oxygen atoms in total. The highest BCUT2D eigenvalue weighted by atomic mass is 35.5. The van der Waals surface area contributed by atoms with Crippen LogP contribution in [0.5, 0.6) is 0 Å². The normalized spacial score (nSPS) is 15.4. The number of aliphatic imine (C=N–C) groups is 1. The number of carbonyl (C=O) groups is 1. The van der Waals surface area contributed by atoms with E-state index in [-0.39, 0.29) is 12.5 Å². The molecule has 0 spiro atoms. The average molecular weight is 427 g/mol. The molecule has 1 aromatic rings. The van der Waals surface area contributed by atoms with Crippen LogP contribution in [-0.4, -0.2) is 81.4 Å². The number of benzene rings is 1. The second kappa shape index (κ2) is 12.2. The minimum absolute atomic E-state index is 0.00527. The fourth-order valence-corrected chi connectivity index (χ4v) is 3.76. The van der Waals surface area contributed by atoms with Crippen molar-refractivity contribution in [3.05, 3.63) is 29.3 Å². The number of rotatable bonds is 8. The fraction of sp³-hybridized carbons (Fsp3) is 0.600. The number of halogens is 1. The lowest BCUT2D eigenvalue weighted by molar-refractivity contribution is -0.127. The first-order valence-electron chi connectivity index (χ1n) is 9.61. The molecule has 28 heavy (non-hydrogen) atoms. The van der Waals surface area contributed by atoms with Gasteiger partial charge in [-0.05, 0) is 43.0 Å². The first kappa shape index (κ1) is 22.8. The number of amides is 1. The zero-order valence-electron chi connectivity index (χ0n) is 17.0. The summed E-state index contributed by atoms with van der Waals surface area (Å²) < 4.78 is 5.45. The molecule has 1 amide bonds. The van der Waals surface area contributed by atoms with Crippen molar-refractivity contribution >= 4 is 35.2 Å². The molecular weight excluding hydrogens is 396 g/mol. The van der Waals surface area contributed by atoms with Crippen LogP contribution in [0.4, 0.5) is 0 Å². The Morgan fingerprint density at radius 1 is 1.25 bits per heavy atom. The Labute approximate surface area is 177 Å². The summed E-state index contributed by atoms with van der Waals surface area (Å²) in [6.45, 7) is 3.48. The first-order valence-corrected chi connectivity index (χ1v) is 11.0. The van der Waals surface area contributed by atoms with E-state index in [1.165, 1.54) is 4.90 Å². The largest absolute Gasteiger partial charge is 0.381 e. The number of nitrogens with zero attached hydrogens (tertiary/aromatic N) is 3. The number of thioether (sulfide) groups is 1. The van der Waals surface area contributed by atoms with Gasteiger partial charge in [0, 0.05) is 63.1 Å². The molecule has 1 fully saturated rings. The van der Waals surface area contributed by atoms with Crippen molar-refractivity contribution in [3.63, 3.8) is 0 Å². The number of ether oxygens (including phenoxy) is 1. The predicted molar refractivity (Wildman–Crippen MR) is 117 cm³/mol. The van der Waals surface area contributed by atoms with Crippen LogP contribution in [0, 0.1) is 5.92 Å². The number of likely N-dealkylation sites (N-methyl/N-ethyl adjacent to an activating group) is 1. The van der Waals surface area contributed by atoms with Crippen LogP contribution in [0.25, 0.3) is 0 Å². The van der Waals surface area contributed by atoms with Crippen LogP contribution < -0.4 is 5.32 Å². The van der Waals surface area contributed by atoms with Crippen LogP contribution in [0.15, 0.2) is 34.2 Å². The fourth-order valence-electron chi connectivity index (χ4n) is 2.86. The Morgan fingerprint density at radius 3 is 2.57 bits per heavy atom. The monoisotopic (exact) mass is 426 g/mol. The highest BCUT2D eigenvalue weighted by Crippen LogP contribution is 2.20. The van der Waals surface area contributed by atoms with Crippen molar-refractivity contribution in [2.24, 2.45) is 10.9 Å². The van der Waals surface area contributed by atoms with E-state index in [1.807, 2.05) is 31.3 Å². The number of hydrogen-bond acceptors (Lipinski definition) is 4. The quantitative estimate of drug-likeness (QED) is 0.300. The van der Waals surface area contributed by atoms with E-state index in [4.69, 9.17) is 16.3 Å². The molecule has 1 saturated heterocycles. The van der Waals surface area contributed by atoms with Gasteiger partial charge in [0.05, 0.1) is 0 Å². The maximum absolute atomic E-state index is 11.9. The molecule has 1 heterocycles. The SMILES string of the molecule is CN(C)C(=O)CN=C(NCCSc1ccc(Cl)cc1)N(C)CC1CCOCC1. The molecule has 0 radical (unpaired) electrons. The van der Waals surface area contributed by atoms with Crippen molar-refractivity contribution in [2.45, 2.75) is 17.7 Å². The minimum Gasteiger partial charge on any atom is -0.381 e. The van der Waals surface area contributed by atoms with E-state index >= 15 is 0 Å². The summed E-state index contributed by atoms with van der Waals surface area (Å²) >= 11 is 7.69. The molecule has 0 aliphatic carbocycles. The van der Waals surface area contributed by atoms with Crippen molar-refractivity contribution < 1.29 is 9.53 Å². The van der Waals surface area contributed by atoms with Gasteiger partial charge in [0.1, 0.15) is 6.54 Å². The van der Waals surface area contributed by atoms with Crippen LogP contribution in [0.1, 0.15) is 12.8 Å². The molecule has 0 aromatic heterocycles. The number of nitrogens with one attached hydrogen (secondary N) is 1. The topological polar surface area (TPSA) is 57.2 Å². The molecule has 2 rings (SSSR count). The van der Waals surface area contributed by atoms with Crippen molar-refractivity contribution in [1.82, 2.24) is 15.1 Å². The molecule has 1 aliphatic heterocycles. The van der Waals surface area contributed by atoms with Gasteiger partial charge in [-0.3, -0.25) is 4.79 Å². The molecule has 1 N–H and O–H groups in total. The van der Waals surface area contributed by atoms with Gasteiger partial charge < -0.3 is 19.9 Å². The van der Waals surface area contributed by atoms with E-state index in [0.29, 0.717) is 5.92 Å². The molecule has 0 bridgehead atoms. The standard InChI is InChI=1S/C20H31ClN4O2S/c1-24(2)19(26)14-23-20(25(3)15-16-8-11-27-12-9-16)22-10-13-28-18-6-4-17(21)5-7-18/h4-7,16H,8-15H2,1-3H3,(H,22,23). The van der Waals surface area contributed by atoms with Crippen LogP contribution in [0.3, 0.4) is 0 Å². The van der Waals surface area contributed by atoms with Gasteiger partial charge in [-0.15, -0.1) is 11.8 Å². The lowest BCUT2D eigenvalue weighted by Gasteiger charge is -2.29. The Hall–Kier alpha value is -1.44. The third-order valence-electron chi connectivity index (χ3n) is 4.56. The van der Waals surface area contributed by atoms with Crippen LogP contribution >= 0.6 is 23.4 Å². The van der Waals surface area contributed by atoms with E-state index in [1.54, 1.807) is 30.8 Å². The van der Waals surface area contributed by atoms with E-state index in [0.717, 1.165) is 55.9 Å². The Kier molecular flexibility index (Phi) is 9.95. The maximum atomic E-state index is 11.9. The van der Waals surface area contributed by atoms with Crippen molar-refractivity contribution in [1.29, 1.82) is 0 Å². The lowest BCUT2D eigenvalue weighted by atomic mass is 10.00. The van der Waals surface area contributed by atoms with Crippen LogP contribution in [0.2, 0.25) is 5.02 Å². The first-order chi connectivity index (χ1) is 13.5. The van der Waals surface area contributed by atoms with E-state index < -0.39 is 0 Å². The van der Waals surface area contributed by atoms with Gasteiger partial charge in [0.25, 0.3) is 0 Å². The second-order valence-corrected chi connectivity index (χ2v) is 8.70. The van der Waals surface area contributed by atoms with Gasteiger partial charge in [0.15, 0.2) is 5.96 Å². The smallest absolute Gasteiger partial charge is 0.243 e. The average Bonchev–Trinajstić information content (AvgIpc) is 2.69. The third-order valence-corrected chi connectivity index (χ3v) is 5.83. The predicted octanol–water partition coefficient (Wildman–Crippen LogP) is 2.82. The van der Waals surface area contributed by atoms with Crippen molar-refractivity contribution in [3.8, 4) is 0 Å². The number of hydrogen-bond donors (Lipinski definition) is 1. The van der Waals surface area contributed by atoms with E-state index in [2.05, 4.69) is 15.2 Å². The minimum atomic E-state index is -0.00527. The van der Waals surface area contributed by atoms with Gasteiger partial charge in [-0.2, -0.15) is 0 Å². The zero-order valence-corrected chi connectivity index (χ0v) is 18.6. The summed E-state index contributed by atoms with van der Waals surface area (Å²) in [5.74, 6) is 2.26. The molecule has 0 saturated carbocycles. The van der Waals surface area contributed by atoms with Gasteiger partial charge >= 0.3 is 0 Å².